The SMILES string of the molecule is COC(C)(C)C(C)(C)C#CC(C)(C)C(C)(C)OSc1ccc(C)cc1. The first-order valence-corrected chi connectivity index (χ1v) is 9.50. The fourth-order valence-electron chi connectivity index (χ4n) is 1.72. The van der Waals surface area contributed by atoms with Crippen LogP contribution < -0.4 is 0 Å². The van der Waals surface area contributed by atoms with E-state index in [9.17, 15) is 0 Å². The van der Waals surface area contributed by atoms with E-state index in [1.54, 1.807) is 7.11 Å². The van der Waals surface area contributed by atoms with Crippen molar-refractivity contribution >= 4 is 12.0 Å². The Labute approximate surface area is 159 Å². The molecule has 0 aromatic heterocycles. The molecular weight excluding hydrogens is 328 g/mol. The van der Waals surface area contributed by atoms with Crippen molar-refractivity contribution in [3.8, 4) is 11.8 Å². The van der Waals surface area contributed by atoms with Gasteiger partial charge in [0.1, 0.15) is 0 Å². The maximum absolute atomic E-state index is 6.18. The highest BCUT2D eigenvalue weighted by Gasteiger charge is 2.40. The quantitative estimate of drug-likeness (QED) is 0.438. The number of methoxy groups -OCH3 is 1. The van der Waals surface area contributed by atoms with Crippen molar-refractivity contribution in [2.24, 2.45) is 10.8 Å². The van der Waals surface area contributed by atoms with Gasteiger partial charge in [0.2, 0.25) is 0 Å². The van der Waals surface area contributed by atoms with Gasteiger partial charge in [-0.3, -0.25) is 0 Å². The van der Waals surface area contributed by atoms with E-state index in [-0.39, 0.29) is 16.4 Å². The Balaban J connectivity index is 2.92. The largest absolute Gasteiger partial charge is 0.377 e. The van der Waals surface area contributed by atoms with E-state index < -0.39 is 5.60 Å². The Morgan fingerprint density at radius 1 is 0.760 bits per heavy atom. The van der Waals surface area contributed by atoms with Gasteiger partial charge in [0.25, 0.3) is 0 Å². The molecule has 25 heavy (non-hydrogen) atoms. The van der Waals surface area contributed by atoms with E-state index in [2.05, 4.69) is 98.4 Å². The number of benzene rings is 1. The standard InChI is InChI=1S/C22H34O2S/c1-17-11-13-18(14-12-17)25-24-22(8,9)20(4,5)16-15-19(2,3)21(6,7)23-10/h11-14H,1-10H3. The summed E-state index contributed by atoms with van der Waals surface area (Å²) in [5.74, 6) is 6.90. The summed E-state index contributed by atoms with van der Waals surface area (Å²) >= 11 is 1.41. The highest BCUT2D eigenvalue weighted by molar-refractivity contribution is 7.94. The summed E-state index contributed by atoms with van der Waals surface area (Å²) in [6.07, 6.45) is 0. The van der Waals surface area contributed by atoms with Gasteiger partial charge in [-0.15, -0.1) is 0 Å². The molecule has 3 heteroatoms. The highest BCUT2D eigenvalue weighted by Crippen LogP contribution is 2.39. The second-order valence-electron chi connectivity index (χ2n) is 8.70. The maximum Gasteiger partial charge on any atom is 0.0937 e. The summed E-state index contributed by atoms with van der Waals surface area (Å²) in [6, 6.07) is 8.36. The Hall–Kier alpha value is -0.950. The normalized spacial score (nSPS) is 13.4. The van der Waals surface area contributed by atoms with E-state index in [0.717, 1.165) is 4.90 Å². The lowest BCUT2D eigenvalue weighted by molar-refractivity contribution is -0.0446. The molecule has 0 N–H and O–H groups in total. The van der Waals surface area contributed by atoms with Crippen LogP contribution in [0, 0.1) is 29.6 Å². The molecule has 2 nitrogen and oxygen atoms in total. The zero-order chi connectivity index (χ0) is 19.5. The van der Waals surface area contributed by atoms with Gasteiger partial charge in [0.05, 0.1) is 22.0 Å². The number of aryl methyl sites for hydroxylation is 1. The van der Waals surface area contributed by atoms with Crippen molar-refractivity contribution in [1.29, 1.82) is 0 Å². The monoisotopic (exact) mass is 362 g/mol. The van der Waals surface area contributed by atoms with Crippen LogP contribution >= 0.6 is 12.0 Å². The van der Waals surface area contributed by atoms with Gasteiger partial charge in [-0.2, -0.15) is 0 Å². The summed E-state index contributed by atoms with van der Waals surface area (Å²) in [4.78, 5) is 1.10. The van der Waals surface area contributed by atoms with Crippen LogP contribution in [0.3, 0.4) is 0 Å². The summed E-state index contributed by atoms with van der Waals surface area (Å²) < 4.78 is 11.8. The molecule has 0 saturated carbocycles. The van der Waals surface area contributed by atoms with Crippen LogP contribution in [0.4, 0.5) is 0 Å². The maximum atomic E-state index is 6.18. The molecule has 0 heterocycles. The van der Waals surface area contributed by atoms with Crippen LogP contribution in [0.1, 0.15) is 61.0 Å². The zero-order valence-electron chi connectivity index (χ0n) is 17.5. The molecule has 1 rings (SSSR count). The van der Waals surface area contributed by atoms with Crippen LogP contribution in [-0.2, 0) is 8.92 Å². The van der Waals surface area contributed by atoms with Crippen molar-refractivity contribution in [1.82, 2.24) is 0 Å². The molecule has 0 unspecified atom stereocenters. The van der Waals surface area contributed by atoms with Gasteiger partial charge >= 0.3 is 0 Å². The van der Waals surface area contributed by atoms with Crippen molar-refractivity contribution in [3.63, 3.8) is 0 Å². The summed E-state index contributed by atoms with van der Waals surface area (Å²) in [6.45, 7) is 18.9. The minimum Gasteiger partial charge on any atom is -0.377 e. The van der Waals surface area contributed by atoms with E-state index in [1.165, 1.54) is 17.6 Å². The Morgan fingerprint density at radius 2 is 1.20 bits per heavy atom. The van der Waals surface area contributed by atoms with E-state index >= 15 is 0 Å². The fraction of sp³-hybridized carbons (Fsp3) is 0.636. The molecule has 0 bridgehead atoms. The molecule has 0 aliphatic heterocycles. The Bertz CT molecular complexity index is 628. The second kappa shape index (κ2) is 7.74. The molecule has 0 aliphatic carbocycles. The van der Waals surface area contributed by atoms with Crippen LogP contribution in [-0.4, -0.2) is 18.3 Å². The molecule has 0 saturated heterocycles. The lowest BCUT2D eigenvalue weighted by atomic mass is 9.73. The smallest absolute Gasteiger partial charge is 0.0937 e. The molecule has 0 radical (unpaired) electrons. The zero-order valence-corrected chi connectivity index (χ0v) is 18.4. The van der Waals surface area contributed by atoms with Crippen LogP contribution in [0.5, 0.6) is 0 Å². The molecular formula is C22H34O2S. The fourth-order valence-corrected chi connectivity index (χ4v) is 2.48. The number of hydrogen-bond acceptors (Lipinski definition) is 3. The second-order valence-corrected chi connectivity index (χ2v) is 9.51. The molecule has 1 aromatic rings. The molecule has 0 atom stereocenters. The molecule has 0 aliphatic rings. The van der Waals surface area contributed by atoms with Crippen molar-refractivity contribution in [3.05, 3.63) is 29.8 Å². The predicted octanol–water partition coefficient (Wildman–Crippen LogP) is 6.28. The van der Waals surface area contributed by atoms with Gasteiger partial charge in [-0.1, -0.05) is 29.5 Å². The van der Waals surface area contributed by atoms with Gasteiger partial charge < -0.3 is 8.92 Å². The van der Waals surface area contributed by atoms with Crippen molar-refractivity contribution < 1.29 is 8.92 Å². The van der Waals surface area contributed by atoms with Crippen molar-refractivity contribution in [2.75, 3.05) is 7.11 Å². The molecule has 1 aromatic carbocycles. The highest BCUT2D eigenvalue weighted by atomic mass is 32.2. The Kier molecular flexibility index (Phi) is 6.84. The topological polar surface area (TPSA) is 18.5 Å². The minimum absolute atomic E-state index is 0.265. The summed E-state index contributed by atoms with van der Waals surface area (Å²) in [5, 5.41) is 0. The first-order valence-electron chi connectivity index (χ1n) is 8.76. The first-order chi connectivity index (χ1) is 11.2. The van der Waals surface area contributed by atoms with Crippen LogP contribution in [0.15, 0.2) is 29.2 Å². The lowest BCUT2D eigenvalue weighted by Gasteiger charge is -2.39. The van der Waals surface area contributed by atoms with Gasteiger partial charge in [-0.25, -0.2) is 0 Å². The summed E-state index contributed by atoms with van der Waals surface area (Å²) in [7, 11) is 1.74. The number of hydrogen-bond donors (Lipinski definition) is 0. The van der Waals surface area contributed by atoms with E-state index in [1.807, 2.05) is 0 Å². The van der Waals surface area contributed by atoms with Gasteiger partial charge in [0, 0.05) is 24.0 Å². The van der Waals surface area contributed by atoms with E-state index in [4.69, 9.17) is 8.92 Å². The average molecular weight is 363 g/mol. The van der Waals surface area contributed by atoms with E-state index in [0.29, 0.717) is 0 Å². The number of rotatable bonds is 6. The Morgan fingerprint density at radius 3 is 1.64 bits per heavy atom. The van der Waals surface area contributed by atoms with Gasteiger partial charge in [0.15, 0.2) is 0 Å². The third kappa shape index (κ3) is 5.51. The van der Waals surface area contributed by atoms with Crippen molar-refractivity contribution in [2.45, 2.75) is 78.4 Å². The molecule has 0 spiro atoms. The number of ether oxygens (including phenoxy) is 1. The third-order valence-corrected chi connectivity index (χ3v) is 6.54. The van der Waals surface area contributed by atoms with Crippen LogP contribution in [0.2, 0.25) is 0 Å². The van der Waals surface area contributed by atoms with Crippen LogP contribution in [0.25, 0.3) is 0 Å². The molecule has 0 fully saturated rings. The first kappa shape index (κ1) is 22.1. The molecule has 140 valence electrons. The minimum atomic E-state index is -0.414. The van der Waals surface area contributed by atoms with Gasteiger partial charge in [-0.05, 0) is 74.4 Å². The third-order valence-electron chi connectivity index (χ3n) is 5.58. The average Bonchev–Trinajstić information content (AvgIpc) is 2.52. The summed E-state index contributed by atoms with van der Waals surface area (Å²) in [5.41, 5.74) is -0.0660. The molecule has 0 amide bonds. The lowest BCUT2D eigenvalue weighted by Crippen LogP contribution is -2.42. The predicted molar refractivity (Wildman–Crippen MR) is 109 cm³/mol.